The van der Waals surface area contributed by atoms with Crippen molar-refractivity contribution in [2.45, 2.75) is 6.18 Å². The number of amides is 1. The molecule has 4 aromatic heterocycles. The van der Waals surface area contributed by atoms with Crippen molar-refractivity contribution in [3.8, 4) is 11.5 Å². The van der Waals surface area contributed by atoms with Crippen LogP contribution in [0.4, 0.5) is 24.7 Å². The van der Waals surface area contributed by atoms with Gasteiger partial charge in [0.1, 0.15) is 22.7 Å². The van der Waals surface area contributed by atoms with Gasteiger partial charge in [-0.25, -0.2) is 9.50 Å². The molecule has 0 fully saturated rings. The number of halogens is 3. The quantitative estimate of drug-likeness (QED) is 0.525. The number of nitrogens with one attached hydrogen (secondary N) is 1. The third-order valence-corrected chi connectivity index (χ3v) is 3.92. The van der Waals surface area contributed by atoms with Gasteiger partial charge in [0.05, 0.1) is 12.4 Å². The van der Waals surface area contributed by atoms with Crippen LogP contribution < -0.4 is 15.8 Å². The highest BCUT2D eigenvalue weighted by molar-refractivity contribution is 6.12. The molecule has 0 aliphatic heterocycles. The molecular weight excluding hydrogens is 403 g/mol. The van der Waals surface area contributed by atoms with Crippen molar-refractivity contribution in [3.05, 3.63) is 66.5 Å². The Balaban J connectivity index is 1.68. The van der Waals surface area contributed by atoms with E-state index in [1.165, 1.54) is 24.7 Å². The Kier molecular flexibility index (Phi) is 4.66. The Bertz CT molecular complexity index is 1230. The van der Waals surface area contributed by atoms with Gasteiger partial charge in [-0.1, -0.05) is 0 Å². The third-order valence-electron chi connectivity index (χ3n) is 3.92. The molecule has 0 spiro atoms. The Morgan fingerprint density at radius 2 is 1.93 bits per heavy atom. The number of nitrogen functional groups attached to an aromatic ring is 1. The number of carbonyl (C=O) groups is 1. The smallest absolute Gasteiger partial charge is 0.433 e. The van der Waals surface area contributed by atoms with Crippen molar-refractivity contribution in [1.82, 2.24) is 24.6 Å². The first-order valence-corrected chi connectivity index (χ1v) is 8.38. The fourth-order valence-electron chi connectivity index (χ4n) is 2.61. The van der Waals surface area contributed by atoms with Crippen LogP contribution in [0.1, 0.15) is 16.1 Å². The largest absolute Gasteiger partial charge is 0.453 e. The summed E-state index contributed by atoms with van der Waals surface area (Å²) in [5.74, 6) is -0.451. The van der Waals surface area contributed by atoms with Crippen LogP contribution in [0, 0.1) is 0 Å². The minimum absolute atomic E-state index is 0.164. The van der Waals surface area contributed by atoms with E-state index in [4.69, 9.17) is 10.5 Å². The summed E-state index contributed by atoms with van der Waals surface area (Å²) in [6, 6.07) is 5.56. The molecule has 152 valence electrons. The standard InChI is InChI=1S/C18H12F3N7O2/c19-18(20,21)13-4-7-28-16(26-13)14(15(22)27-28)17(29)25-11-9-24-6-3-12(11)30-10-2-1-5-23-8-10/h1-9H,(H2,22,27)(H,25,29). The number of aromatic nitrogens is 5. The molecule has 0 bridgehead atoms. The van der Waals surface area contributed by atoms with Gasteiger partial charge in [0.2, 0.25) is 0 Å². The molecule has 0 aliphatic rings. The second-order valence-electron chi connectivity index (χ2n) is 5.96. The van der Waals surface area contributed by atoms with Crippen molar-refractivity contribution in [1.29, 1.82) is 0 Å². The van der Waals surface area contributed by atoms with Crippen molar-refractivity contribution >= 4 is 23.1 Å². The number of pyridine rings is 2. The molecule has 0 atom stereocenters. The molecule has 0 radical (unpaired) electrons. The first-order valence-electron chi connectivity index (χ1n) is 8.38. The van der Waals surface area contributed by atoms with Gasteiger partial charge in [0.15, 0.2) is 17.2 Å². The fraction of sp³-hybridized carbons (Fsp3) is 0.0556. The summed E-state index contributed by atoms with van der Waals surface area (Å²) in [7, 11) is 0. The summed E-state index contributed by atoms with van der Waals surface area (Å²) < 4.78 is 45.7. The van der Waals surface area contributed by atoms with Gasteiger partial charge in [-0.05, 0) is 18.2 Å². The molecule has 3 N–H and O–H groups in total. The number of nitrogens with zero attached hydrogens (tertiary/aromatic N) is 5. The zero-order chi connectivity index (χ0) is 21.3. The summed E-state index contributed by atoms with van der Waals surface area (Å²) in [6.45, 7) is 0. The lowest BCUT2D eigenvalue weighted by molar-refractivity contribution is -0.141. The SMILES string of the molecule is Nc1nn2ccc(C(F)(F)F)nc2c1C(=O)Nc1cnccc1Oc1cccnc1. The van der Waals surface area contributed by atoms with Crippen LogP contribution in [-0.4, -0.2) is 30.5 Å². The topological polar surface area (TPSA) is 120 Å². The predicted octanol–water partition coefficient (Wildman–Crippen LogP) is 3.16. The predicted molar refractivity (Wildman–Crippen MR) is 98.9 cm³/mol. The summed E-state index contributed by atoms with van der Waals surface area (Å²) in [6.07, 6.45) is 2.14. The second kappa shape index (κ2) is 7.31. The van der Waals surface area contributed by atoms with Gasteiger partial charge < -0.3 is 15.8 Å². The number of hydrogen-bond acceptors (Lipinski definition) is 7. The Morgan fingerprint density at radius 3 is 2.67 bits per heavy atom. The Labute approximate surface area is 166 Å². The fourth-order valence-corrected chi connectivity index (χ4v) is 2.61. The van der Waals surface area contributed by atoms with E-state index in [1.807, 2.05) is 0 Å². The van der Waals surface area contributed by atoms with Gasteiger partial charge in [-0.3, -0.25) is 14.8 Å². The van der Waals surface area contributed by atoms with Gasteiger partial charge >= 0.3 is 6.18 Å². The maximum absolute atomic E-state index is 13.0. The van der Waals surface area contributed by atoms with Crippen LogP contribution >= 0.6 is 0 Å². The van der Waals surface area contributed by atoms with E-state index >= 15 is 0 Å². The Hall–Kier alpha value is -4.22. The maximum atomic E-state index is 13.0. The number of alkyl halides is 3. The van der Waals surface area contributed by atoms with E-state index < -0.39 is 17.8 Å². The third kappa shape index (κ3) is 3.70. The van der Waals surface area contributed by atoms with E-state index in [0.29, 0.717) is 5.75 Å². The first kappa shape index (κ1) is 19.1. The molecule has 4 heterocycles. The normalized spacial score (nSPS) is 11.4. The molecular formula is C18H12F3N7O2. The molecule has 9 nitrogen and oxygen atoms in total. The number of carbonyl (C=O) groups excluding carboxylic acids is 1. The zero-order valence-electron chi connectivity index (χ0n) is 15.0. The van der Waals surface area contributed by atoms with Gasteiger partial charge in [0.25, 0.3) is 5.91 Å². The monoisotopic (exact) mass is 415 g/mol. The lowest BCUT2D eigenvalue weighted by Crippen LogP contribution is -2.15. The van der Waals surface area contributed by atoms with Crippen molar-refractivity contribution in [2.75, 3.05) is 11.1 Å². The van der Waals surface area contributed by atoms with Crippen LogP contribution in [-0.2, 0) is 6.18 Å². The van der Waals surface area contributed by atoms with Gasteiger partial charge in [-0.2, -0.15) is 13.2 Å². The summed E-state index contributed by atoms with van der Waals surface area (Å²) >= 11 is 0. The molecule has 4 aromatic rings. The highest BCUT2D eigenvalue weighted by atomic mass is 19.4. The first-order chi connectivity index (χ1) is 14.3. The Morgan fingerprint density at radius 1 is 1.13 bits per heavy atom. The second-order valence-corrected chi connectivity index (χ2v) is 5.96. The van der Waals surface area contributed by atoms with E-state index in [2.05, 4.69) is 25.4 Å². The number of ether oxygens (including phenoxy) is 1. The molecule has 0 aliphatic carbocycles. The van der Waals surface area contributed by atoms with Crippen LogP contribution in [0.15, 0.2) is 55.2 Å². The van der Waals surface area contributed by atoms with Crippen molar-refractivity contribution in [2.24, 2.45) is 0 Å². The van der Waals surface area contributed by atoms with Crippen LogP contribution in [0.2, 0.25) is 0 Å². The van der Waals surface area contributed by atoms with E-state index in [-0.39, 0.29) is 28.5 Å². The molecule has 0 saturated heterocycles. The van der Waals surface area contributed by atoms with E-state index in [0.717, 1.165) is 16.8 Å². The molecule has 0 saturated carbocycles. The lowest BCUT2D eigenvalue weighted by Gasteiger charge is -2.11. The summed E-state index contributed by atoms with van der Waals surface area (Å²) in [5, 5.41) is 6.36. The summed E-state index contributed by atoms with van der Waals surface area (Å²) in [5.41, 5.74) is 4.11. The molecule has 0 aromatic carbocycles. The summed E-state index contributed by atoms with van der Waals surface area (Å²) in [4.78, 5) is 24.2. The molecule has 1 amide bonds. The highest BCUT2D eigenvalue weighted by Gasteiger charge is 2.33. The molecule has 0 unspecified atom stereocenters. The lowest BCUT2D eigenvalue weighted by atomic mass is 10.2. The minimum Gasteiger partial charge on any atom is -0.453 e. The molecule has 30 heavy (non-hydrogen) atoms. The zero-order valence-corrected chi connectivity index (χ0v) is 15.0. The number of fused-ring (bicyclic) bond motifs is 1. The van der Waals surface area contributed by atoms with E-state index in [9.17, 15) is 18.0 Å². The van der Waals surface area contributed by atoms with Crippen LogP contribution in [0.5, 0.6) is 11.5 Å². The molecule has 12 heteroatoms. The maximum Gasteiger partial charge on any atom is 0.433 e. The van der Waals surface area contributed by atoms with Gasteiger partial charge in [-0.15, -0.1) is 5.10 Å². The van der Waals surface area contributed by atoms with Crippen LogP contribution in [0.3, 0.4) is 0 Å². The number of rotatable bonds is 4. The average molecular weight is 415 g/mol. The number of hydrogen-bond donors (Lipinski definition) is 2. The van der Waals surface area contributed by atoms with Crippen molar-refractivity contribution < 1.29 is 22.7 Å². The van der Waals surface area contributed by atoms with Gasteiger partial charge in [0, 0.05) is 24.7 Å². The van der Waals surface area contributed by atoms with Crippen molar-refractivity contribution in [3.63, 3.8) is 0 Å². The highest BCUT2D eigenvalue weighted by Crippen LogP contribution is 2.31. The van der Waals surface area contributed by atoms with E-state index in [1.54, 1.807) is 18.3 Å². The van der Waals surface area contributed by atoms with Crippen LogP contribution in [0.25, 0.3) is 5.65 Å². The number of anilines is 2. The number of nitrogens with two attached hydrogens (primary N) is 1. The molecule has 4 rings (SSSR count). The average Bonchev–Trinajstić information content (AvgIpc) is 3.04. The minimum atomic E-state index is -4.69.